The number of aromatic nitrogens is 6. The molecule has 0 amide bonds. The molecular formula is C20H23N9O4S. The lowest BCUT2D eigenvalue weighted by molar-refractivity contribution is -0.140. The Balaban J connectivity index is 1.50. The number of nitrogens with one attached hydrogen (secondary N) is 1. The predicted molar refractivity (Wildman–Crippen MR) is 120 cm³/mol. The first-order valence-electron chi connectivity index (χ1n) is 10.3. The van der Waals surface area contributed by atoms with Gasteiger partial charge in [-0.15, -0.1) is 0 Å². The molecule has 14 heteroatoms. The molecule has 3 aromatic heterocycles. The van der Waals surface area contributed by atoms with E-state index in [1.807, 2.05) is 0 Å². The molecular weight excluding hydrogens is 462 g/mol. The zero-order valence-electron chi connectivity index (χ0n) is 18.6. The molecule has 13 nitrogen and oxygen atoms in total. The summed E-state index contributed by atoms with van der Waals surface area (Å²) in [6.45, 7) is 0.172. The van der Waals surface area contributed by atoms with Gasteiger partial charge in [0, 0.05) is 44.3 Å². The van der Waals surface area contributed by atoms with E-state index in [4.69, 9.17) is 0 Å². The first-order valence-corrected chi connectivity index (χ1v) is 11.9. The number of carbonyl (C=O) groups excluding carboxylic acids is 1. The number of aryl methyl sites for hydroxylation is 1. The van der Waals surface area contributed by atoms with Gasteiger partial charge in [0.2, 0.25) is 16.0 Å². The molecule has 0 atom stereocenters. The van der Waals surface area contributed by atoms with Gasteiger partial charge in [0.15, 0.2) is 0 Å². The molecule has 0 saturated carbocycles. The lowest BCUT2D eigenvalue weighted by Gasteiger charge is -2.47. The van der Waals surface area contributed by atoms with Crippen molar-refractivity contribution >= 4 is 27.6 Å². The molecule has 4 heterocycles. The van der Waals surface area contributed by atoms with Crippen molar-refractivity contribution < 1.29 is 17.9 Å². The highest BCUT2D eigenvalue weighted by Crippen LogP contribution is 2.35. The van der Waals surface area contributed by atoms with Crippen molar-refractivity contribution in [2.24, 2.45) is 7.05 Å². The van der Waals surface area contributed by atoms with Gasteiger partial charge in [-0.1, -0.05) is 0 Å². The summed E-state index contributed by atoms with van der Waals surface area (Å²) in [7, 11) is -0.644. The van der Waals surface area contributed by atoms with Crippen molar-refractivity contribution in [3.8, 4) is 17.3 Å². The molecule has 1 saturated heterocycles. The third-order valence-corrected chi connectivity index (χ3v) is 7.28. The van der Waals surface area contributed by atoms with Crippen LogP contribution in [0.2, 0.25) is 0 Å². The van der Waals surface area contributed by atoms with Crippen LogP contribution in [0.25, 0.3) is 11.3 Å². The minimum absolute atomic E-state index is 0.0781. The van der Waals surface area contributed by atoms with Crippen LogP contribution in [-0.2, 0) is 32.1 Å². The van der Waals surface area contributed by atoms with Gasteiger partial charge >= 0.3 is 5.97 Å². The molecule has 4 rings (SSSR count). The number of carbonyl (C=O) groups is 1. The number of hydrogen-bond donors (Lipinski definition) is 1. The molecule has 1 N–H and O–H groups in total. The Morgan fingerprint density at radius 2 is 2.09 bits per heavy atom. The number of nitriles is 1. The summed E-state index contributed by atoms with van der Waals surface area (Å²) in [5.41, 5.74) is 1.25. The second-order valence-electron chi connectivity index (χ2n) is 7.94. The largest absolute Gasteiger partial charge is 0.469 e. The Kier molecular flexibility index (Phi) is 6.31. The van der Waals surface area contributed by atoms with Gasteiger partial charge in [0.1, 0.15) is 5.54 Å². The van der Waals surface area contributed by atoms with Crippen LogP contribution in [0, 0.1) is 11.3 Å². The van der Waals surface area contributed by atoms with Crippen LogP contribution in [0.4, 0.5) is 11.6 Å². The maximum atomic E-state index is 12.5. The van der Waals surface area contributed by atoms with Gasteiger partial charge in [-0.25, -0.2) is 18.4 Å². The summed E-state index contributed by atoms with van der Waals surface area (Å²) >= 11 is 0. The summed E-state index contributed by atoms with van der Waals surface area (Å²) < 4.78 is 34.1. The van der Waals surface area contributed by atoms with Crippen molar-refractivity contribution in [1.82, 2.24) is 33.8 Å². The molecule has 3 aromatic rings. The molecule has 178 valence electrons. The highest BCUT2D eigenvalue weighted by molar-refractivity contribution is 7.89. The van der Waals surface area contributed by atoms with E-state index in [1.54, 1.807) is 53.5 Å². The monoisotopic (exact) mass is 485 g/mol. The molecule has 1 aliphatic heterocycles. The van der Waals surface area contributed by atoms with Crippen LogP contribution in [-0.4, -0.2) is 74.2 Å². The Labute approximate surface area is 196 Å². The topological polar surface area (TPSA) is 161 Å². The van der Waals surface area contributed by atoms with Gasteiger partial charge in [0.25, 0.3) is 0 Å². The normalized spacial score (nSPS) is 15.3. The Morgan fingerprint density at radius 3 is 2.76 bits per heavy atom. The van der Waals surface area contributed by atoms with Gasteiger partial charge in [-0.3, -0.25) is 14.2 Å². The second-order valence-corrected chi connectivity index (χ2v) is 10.0. The van der Waals surface area contributed by atoms with E-state index in [2.05, 4.69) is 36.3 Å². The molecule has 0 bridgehead atoms. The number of ether oxygens (including phenoxy) is 1. The highest BCUT2D eigenvalue weighted by Gasteiger charge is 2.50. The van der Waals surface area contributed by atoms with Gasteiger partial charge in [0.05, 0.1) is 55.5 Å². The average Bonchev–Trinajstić information content (AvgIpc) is 3.44. The maximum absolute atomic E-state index is 12.5. The zero-order chi connectivity index (χ0) is 24.3. The van der Waals surface area contributed by atoms with Crippen molar-refractivity contribution in [1.29, 1.82) is 5.26 Å². The molecule has 0 aromatic carbocycles. The minimum Gasteiger partial charge on any atom is -0.469 e. The standard InChI is InChI=1S/C20H23N9O4S/c1-27-12-16(10-23-27)25-19-22-7-3-17(26-19)15-9-24-29(11-15)20(5-6-21)13-28(14-20)34(31,32)8-4-18(30)33-2/h3,7,9-12H,4-5,8,13-14H2,1-2H3,(H,22,25,26). The lowest BCUT2D eigenvalue weighted by Crippen LogP contribution is -2.64. The molecule has 34 heavy (non-hydrogen) atoms. The van der Waals surface area contributed by atoms with Crippen molar-refractivity contribution in [3.05, 3.63) is 37.1 Å². The zero-order valence-corrected chi connectivity index (χ0v) is 19.4. The third kappa shape index (κ3) is 4.75. The van der Waals surface area contributed by atoms with Crippen LogP contribution in [0.3, 0.4) is 0 Å². The molecule has 0 spiro atoms. The van der Waals surface area contributed by atoms with E-state index < -0.39 is 21.5 Å². The number of nitrogens with zero attached hydrogens (tertiary/aromatic N) is 8. The van der Waals surface area contributed by atoms with E-state index in [-0.39, 0.29) is 31.7 Å². The Bertz CT molecular complexity index is 1340. The number of anilines is 2. The number of methoxy groups -OCH3 is 1. The number of rotatable bonds is 9. The predicted octanol–water partition coefficient (Wildman–Crippen LogP) is 0.635. The van der Waals surface area contributed by atoms with Crippen molar-refractivity contribution in [2.75, 3.05) is 31.3 Å². The quantitative estimate of drug-likeness (QED) is 0.426. The van der Waals surface area contributed by atoms with E-state index in [0.717, 1.165) is 5.69 Å². The molecule has 1 aliphatic rings. The lowest BCUT2D eigenvalue weighted by atomic mass is 9.89. The summed E-state index contributed by atoms with van der Waals surface area (Å²) in [5.74, 6) is -0.553. The molecule has 1 fully saturated rings. The van der Waals surface area contributed by atoms with E-state index in [0.29, 0.717) is 17.2 Å². The van der Waals surface area contributed by atoms with Crippen LogP contribution in [0.1, 0.15) is 12.8 Å². The summed E-state index contributed by atoms with van der Waals surface area (Å²) in [6, 6.07) is 3.86. The number of sulfonamides is 1. The Hall–Kier alpha value is -3.83. The summed E-state index contributed by atoms with van der Waals surface area (Å²) in [6.07, 6.45) is 8.27. The first-order chi connectivity index (χ1) is 16.2. The number of hydrogen-bond acceptors (Lipinski definition) is 10. The number of esters is 1. The van der Waals surface area contributed by atoms with E-state index in [9.17, 15) is 18.5 Å². The summed E-state index contributed by atoms with van der Waals surface area (Å²) in [5, 5.41) is 20.9. The fraction of sp³-hybridized carbons (Fsp3) is 0.400. The highest BCUT2D eigenvalue weighted by atomic mass is 32.2. The van der Waals surface area contributed by atoms with Crippen molar-refractivity contribution in [3.63, 3.8) is 0 Å². The van der Waals surface area contributed by atoms with Crippen LogP contribution in [0.15, 0.2) is 37.1 Å². The van der Waals surface area contributed by atoms with Crippen molar-refractivity contribution in [2.45, 2.75) is 18.4 Å². The SMILES string of the molecule is COC(=O)CCS(=O)(=O)N1CC(CC#N)(n2cc(-c3ccnc(Nc4cnn(C)c4)n3)cn2)C1. The van der Waals surface area contributed by atoms with Gasteiger partial charge in [-0.05, 0) is 6.07 Å². The van der Waals surface area contributed by atoms with Gasteiger partial charge in [-0.2, -0.15) is 19.8 Å². The molecule has 0 radical (unpaired) electrons. The smallest absolute Gasteiger partial charge is 0.306 e. The Morgan fingerprint density at radius 1 is 1.29 bits per heavy atom. The maximum Gasteiger partial charge on any atom is 0.306 e. The fourth-order valence-corrected chi connectivity index (χ4v) is 5.20. The first kappa shape index (κ1) is 23.3. The minimum atomic E-state index is -3.66. The molecule has 0 unspecified atom stereocenters. The van der Waals surface area contributed by atoms with E-state index >= 15 is 0 Å². The average molecular weight is 486 g/mol. The second kappa shape index (κ2) is 9.20. The fourth-order valence-electron chi connectivity index (χ4n) is 3.64. The van der Waals surface area contributed by atoms with Crippen LogP contribution < -0.4 is 5.32 Å². The van der Waals surface area contributed by atoms with E-state index in [1.165, 1.54) is 11.4 Å². The van der Waals surface area contributed by atoms with Crippen LogP contribution in [0.5, 0.6) is 0 Å². The third-order valence-electron chi connectivity index (χ3n) is 5.52. The van der Waals surface area contributed by atoms with Gasteiger partial charge < -0.3 is 10.1 Å². The summed E-state index contributed by atoms with van der Waals surface area (Å²) in [4.78, 5) is 20.0. The van der Waals surface area contributed by atoms with Crippen LogP contribution >= 0.6 is 0 Å². The molecule has 0 aliphatic carbocycles.